The van der Waals surface area contributed by atoms with Crippen LogP contribution >= 0.6 is 0 Å². The Morgan fingerprint density at radius 2 is 1.62 bits per heavy atom. The number of carbonyl (C=O) groups excluding carboxylic acids is 2. The molecule has 0 atom stereocenters. The number of alkyl halides is 3. The highest BCUT2D eigenvalue weighted by Crippen LogP contribution is 2.23. The molecule has 0 fully saturated rings. The van der Waals surface area contributed by atoms with Crippen molar-refractivity contribution in [2.24, 2.45) is 0 Å². The van der Waals surface area contributed by atoms with Crippen molar-refractivity contribution in [1.29, 1.82) is 0 Å². The predicted octanol–water partition coefficient (Wildman–Crippen LogP) is 2.92. The summed E-state index contributed by atoms with van der Waals surface area (Å²) in [5, 5.41) is 0. The third kappa shape index (κ3) is 5.45. The van der Waals surface area contributed by atoms with Crippen LogP contribution in [0.2, 0.25) is 0 Å². The lowest BCUT2D eigenvalue weighted by Gasteiger charge is -2.25. The van der Waals surface area contributed by atoms with Crippen LogP contribution in [0.15, 0.2) is 30.3 Å². The van der Waals surface area contributed by atoms with E-state index in [1.54, 1.807) is 26.8 Å². The van der Waals surface area contributed by atoms with Crippen LogP contribution in [0.4, 0.5) is 18.9 Å². The number of rotatable bonds is 3. The van der Waals surface area contributed by atoms with Crippen LogP contribution in [0.25, 0.3) is 0 Å². The number of nitrogens with zero attached hydrogens (tertiary/aromatic N) is 1. The maximum absolute atomic E-state index is 12.6. The maximum atomic E-state index is 12.6. The van der Waals surface area contributed by atoms with Crippen LogP contribution in [-0.2, 0) is 14.3 Å². The van der Waals surface area contributed by atoms with Crippen LogP contribution < -0.4 is 4.90 Å². The molecule has 0 radical (unpaired) electrons. The van der Waals surface area contributed by atoms with Crippen molar-refractivity contribution in [3.8, 4) is 0 Å². The molecule has 1 aromatic carbocycles. The van der Waals surface area contributed by atoms with Crippen molar-refractivity contribution < 1.29 is 27.5 Å². The van der Waals surface area contributed by atoms with Gasteiger partial charge in [0.15, 0.2) is 0 Å². The first-order valence-corrected chi connectivity index (χ1v) is 6.16. The van der Waals surface area contributed by atoms with Crippen LogP contribution in [-0.4, -0.2) is 30.2 Å². The molecular weight excluding hydrogens is 287 g/mol. The number of anilines is 1. The molecule has 0 unspecified atom stereocenters. The predicted molar refractivity (Wildman–Crippen MR) is 70.7 cm³/mol. The Kier molecular flexibility index (Phi) is 4.98. The van der Waals surface area contributed by atoms with Gasteiger partial charge in [0.25, 0.3) is 0 Å². The van der Waals surface area contributed by atoms with Gasteiger partial charge in [0, 0.05) is 5.69 Å². The fraction of sp³-hybridized carbons (Fsp3) is 0.429. The minimum absolute atomic E-state index is 0.0225. The van der Waals surface area contributed by atoms with Gasteiger partial charge >= 0.3 is 18.1 Å². The van der Waals surface area contributed by atoms with E-state index in [4.69, 9.17) is 4.74 Å². The summed E-state index contributed by atoms with van der Waals surface area (Å²) in [4.78, 5) is 23.5. The van der Waals surface area contributed by atoms with E-state index in [2.05, 4.69) is 0 Å². The number of para-hydroxylation sites is 1. The highest BCUT2D eigenvalue weighted by atomic mass is 19.4. The molecule has 116 valence electrons. The summed E-state index contributed by atoms with van der Waals surface area (Å²) in [6.45, 7) is 3.95. The molecule has 0 bridgehead atoms. The molecule has 21 heavy (non-hydrogen) atoms. The number of halogens is 3. The molecule has 0 saturated carbocycles. The van der Waals surface area contributed by atoms with Gasteiger partial charge in [-0.1, -0.05) is 18.2 Å². The minimum atomic E-state index is -5.07. The van der Waals surface area contributed by atoms with Crippen molar-refractivity contribution in [3.05, 3.63) is 30.3 Å². The number of esters is 1. The van der Waals surface area contributed by atoms with Crippen LogP contribution in [0.5, 0.6) is 0 Å². The number of benzene rings is 1. The summed E-state index contributed by atoms with van der Waals surface area (Å²) in [5.74, 6) is -3.02. The molecule has 1 amide bonds. The van der Waals surface area contributed by atoms with E-state index in [0.717, 1.165) is 0 Å². The van der Waals surface area contributed by atoms with Crippen LogP contribution in [0.3, 0.4) is 0 Å². The molecule has 0 aliphatic rings. The summed E-state index contributed by atoms with van der Waals surface area (Å²) in [7, 11) is 0. The van der Waals surface area contributed by atoms with Crippen molar-refractivity contribution in [3.63, 3.8) is 0 Å². The number of amides is 1. The largest absolute Gasteiger partial charge is 0.471 e. The van der Waals surface area contributed by atoms with Gasteiger partial charge in [0.2, 0.25) is 0 Å². The zero-order valence-corrected chi connectivity index (χ0v) is 11.9. The highest BCUT2D eigenvalue weighted by molar-refractivity contribution is 6.00. The van der Waals surface area contributed by atoms with E-state index in [9.17, 15) is 22.8 Å². The molecular formula is C14H16F3NO3. The average Bonchev–Trinajstić information content (AvgIpc) is 2.33. The first-order chi connectivity index (χ1) is 9.50. The number of hydrogen-bond acceptors (Lipinski definition) is 3. The van der Waals surface area contributed by atoms with Gasteiger partial charge < -0.3 is 4.74 Å². The molecule has 0 aliphatic carbocycles. The van der Waals surface area contributed by atoms with Gasteiger partial charge in [-0.15, -0.1) is 0 Å². The second-order valence-electron chi connectivity index (χ2n) is 5.31. The van der Waals surface area contributed by atoms with Gasteiger partial charge in [0.1, 0.15) is 12.1 Å². The minimum Gasteiger partial charge on any atom is -0.459 e. The normalized spacial score (nSPS) is 11.9. The van der Waals surface area contributed by atoms with Crippen molar-refractivity contribution in [2.75, 3.05) is 11.4 Å². The zero-order chi connectivity index (χ0) is 16.3. The molecule has 0 aliphatic heterocycles. The first-order valence-electron chi connectivity index (χ1n) is 6.16. The number of hydrogen-bond donors (Lipinski definition) is 0. The second kappa shape index (κ2) is 6.15. The molecule has 0 aromatic heterocycles. The van der Waals surface area contributed by atoms with Crippen molar-refractivity contribution in [1.82, 2.24) is 0 Å². The third-order valence-corrected chi connectivity index (χ3v) is 2.26. The highest BCUT2D eigenvalue weighted by Gasteiger charge is 2.44. The quantitative estimate of drug-likeness (QED) is 0.807. The zero-order valence-electron chi connectivity index (χ0n) is 11.9. The second-order valence-corrected chi connectivity index (χ2v) is 5.31. The Morgan fingerprint density at radius 1 is 1.10 bits per heavy atom. The summed E-state index contributed by atoms with van der Waals surface area (Å²) in [6.07, 6.45) is -5.07. The first kappa shape index (κ1) is 17.0. The number of carbonyl (C=O) groups is 2. The SMILES string of the molecule is CC(C)(C)OC(=O)CN(C(=O)C(F)(F)F)c1ccccc1. The molecule has 0 saturated heterocycles. The Labute approximate surface area is 120 Å². The topological polar surface area (TPSA) is 46.6 Å². The van der Waals surface area contributed by atoms with Crippen LogP contribution in [0, 0.1) is 0 Å². The summed E-state index contributed by atoms with van der Waals surface area (Å²) >= 11 is 0. The van der Waals surface area contributed by atoms with Crippen molar-refractivity contribution in [2.45, 2.75) is 32.5 Å². The summed E-state index contributed by atoms with van der Waals surface area (Å²) in [6, 6.07) is 7.16. The molecule has 0 heterocycles. The maximum Gasteiger partial charge on any atom is 0.471 e. The van der Waals surface area contributed by atoms with E-state index in [0.29, 0.717) is 4.90 Å². The smallest absolute Gasteiger partial charge is 0.459 e. The van der Waals surface area contributed by atoms with Gasteiger partial charge in [-0.3, -0.25) is 14.5 Å². The Morgan fingerprint density at radius 3 is 2.05 bits per heavy atom. The van der Waals surface area contributed by atoms with Gasteiger partial charge in [-0.25, -0.2) is 0 Å². The van der Waals surface area contributed by atoms with E-state index in [-0.39, 0.29) is 5.69 Å². The number of ether oxygens (including phenoxy) is 1. The third-order valence-electron chi connectivity index (χ3n) is 2.26. The van der Waals surface area contributed by atoms with Crippen LogP contribution in [0.1, 0.15) is 20.8 Å². The monoisotopic (exact) mass is 303 g/mol. The average molecular weight is 303 g/mol. The van der Waals surface area contributed by atoms with Gasteiger partial charge in [0.05, 0.1) is 0 Å². The summed E-state index contributed by atoms with van der Waals surface area (Å²) in [5.41, 5.74) is -0.869. The lowest BCUT2D eigenvalue weighted by Crippen LogP contribution is -2.45. The molecule has 0 spiro atoms. The van der Waals surface area contributed by atoms with Crippen molar-refractivity contribution >= 4 is 17.6 Å². The fourth-order valence-corrected chi connectivity index (χ4v) is 1.54. The Hall–Kier alpha value is -2.05. The molecule has 7 heteroatoms. The van der Waals surface area contributed by atoms with E-state index >= 15 is 0 Å². The lowest BCUT2D eigenvalue weighted by atomic mass is 10.2. The summed E-state index contributed by atoms with van der Waals surface area (Å²) < 4.78 is 42.8. The molecule has 1 aromatic rings. The standard InChI is InChI=1S/C14H16F3NO3/c1-13(2,3)21-11(19)9-18(12(20)14(15,16)17)10-7-5-4-6-8-10/h4-8H,9H2,1-3H3. The van der Waals surface area contributed by atoms with Gasteiger partial charge in [-0.05, 0) is 32.9 Å². The lowest BCUT2D eigenvalue weighted by molar-refractivity contribution is -0.171. The van der Waals surface area contributed by atoms with Gasteiger partial charge in [-0.2, -0.15) is 13.2 Å². The van der Waals surface area contributed by atoms with E-state index in [1.165, 1.54) is 24.3 Å². The fourth-order valence-electron chi connectivity index (χ4n) is 1.54. The Bertz CT molecular complexity index is 506. The molecule has 1 rings (SSSR count). The Balaban J connectivity index is 2.99. The molecule has 0 N–H and O–H groups in total. The van der Waals surface area contributed by atoms with E-state index in [1.807, 2.05) is 0 Å². The van der Waals surface area contributed by atoms with E-state index < -0.39 is 30.2 Å². The molecule has 4 nitrogen and oxygen atoms in total.